The molecule has 0 spiro atoms. The number of sulfonamides is 1. The van der Waals surface area contributed by atoms with Crippen molar-refractivity contribution < 1.29 is 16.8 Å². The van der Waals surface area contributed by atoms with Crippen molar-refractivity contribution in [2.45, 2.75) is 16.3 Å². The highest BCUT2D eigenvalue weighted by Crippen LogP contribution is 2.29. The van der Waals surface area contributed by atoms with Gasteiger partial charge in [0.2, 0.25) is 10.0 Å². The summed E-state index contributed by atoms with van der Waals surface area (Å²) >= 11 is 0. The second kappa shape index (κ2) is 7.59. The molecule has 1 aliphatic heterocycles. The molecule has 0 radical (unpaired) electrons. The third kappa shape index (κ3) is 4.86. The summed E-state index contributed by atoms with van der Waals surface area (Å²) in [5.41, 5.74) is 1.75. The molecule has 1 aliphatic rings. The summed E-state index contributed by atoms with van der Waals surface area (Å²) < 4.78 is 47.6. The molecule has 3 rings (SSSR count). The molecule has 0 saturated carbocycles. The van der Waals surface area contributed by atoms with Crippen LogP contribution in [0.1, 0.15) is 5.56 Å². The van der Waals surface area contributed by atoms with Gasteiger partial charge in [0, 0.05) is 39.0 Å². The average Bonchev–Trinajstić information content (AvgIpc) is 2.61. The maximum absolute atomic E-state index is 12.2. The fourth-order valence-corrected chi connectivity index (χ4v) is 4.75. The van der Waals surface area contributed by atoms with E-state index in [1.165, 1.54) is 17.7 Å². The van der Waals surface area contributed by atoms with E-state index in [4.69, 9.17) is 5.14 Å². The third-order valence-electron chi connectivity index (χ3n) is 4.62. The molecule has 1 heterocycles. The van der Waals surface area contributed by atoms with Crippen LogP contribution in [0.15, 0.2) is 58.3 Å². The first kappa shape index (κ1) is 19.8. The summed E-state index contributed by atoms with van der Waals surface area (Å²) in [6, 6.07) is 14.2. The Morgan fingerprint density at radius 1 is 0.926 bits per heavy atom. The van der Waals surface area contributed by atoms with Gasteiger partial charge in [-0.2, -0.15) is 0 Å². The van der Waals surface area contributed by atoms with Gasteiger partial charge in [0.05, 0.1) is 15.5 Å². The lowest BCUT2D eigenvalue weighted by molar-refractivity contribution is 0.249. The van der Waals surface area contributed by atoms with Gasteiger partial charge in [-0.3, -0.25) is 4.90 Å². The highest BCUT2D eigenvalue weighted by atomic mass is 32.2. The fourth-order valence-electron chi connectivity index (χ4n) is 3.22. The first-order chi connectivity index (χ1) is 12.6. The summed E-state index contributed by atoms with van der Waals surface area (Å²) in [6.07, 6.45) is 1.07. The number of hydrogen-bond donors (Lipinski definition) is 1. The monoisotopic (exact) mass is 409 g/mol. The summed E-state index contributed by atoms with van der Waals surface area (Å²) in [5, 5.41) is 5.15. The van der Waals surface area contributed by atoms with E-state index >= 15 is 0 Å². The molecule has 146 valence electrons. The van der Waals surface area contributed by atoms with E-state index in [9.17, 15) is 16.8 Å². The molecule has 1 saturated heterocycles. The molecule has 27 heavy (non-hydrogen) atoms. The van der Waals surface area contributed by atoms with Crippen LogP contribution in [0, 0.1) is 0 Å². The van der Waals surface area contributed by atoms with E-state index in [0.29, 0.717) is 18.8 Å². The predicted octanol–water partition coefficient (Wildman–Crippen LogP) is 1.06. The van der Waals surface area contributed by atoms with E-state index in [0.717, 1.165) is 32.0 Å². The first-order valence-electron chi connectivity index (χ1n) is 8.53. The minimum atomic E-state index is -3.97. The zero-order chi connectivity index (χ0) is 19.7. The molecule has 0 atom stereocenters. The predicted molar refractivity (Wildman–Crippen MR) is 105 cm³/mol. The van der Waals surface area contributed by atoms with Crippen molar-refractivity contribution in [3.8, 4) is 0 Å². The molecular weight excluding hydrogens is 386 g/mol. The van der Waals surface area contributed by atoms with Crippen molar-refractivity contribution in [1.82, 2.24) is 4.90 Å². The van der Waals surface area contributed by atoms with Crippen LogP contribution in [0.3, 0.4) is 0 Å². The molecule has 0 amide bonds. The number of benzene rings is 2. The van der Waals surface area contributed by atoms with Gasteiger partial charge in [0.15, 0.2) is 9.84 Å². The molecule has 1 fully saturated rings. The summed E-state index contributed by atoms with van der Waals surface area (Å²) in [6.45, 7) is 3.73. The molecule has 2 aromatic carbocycles. The highest BCUT2D eigenvalue weighted by Gasteiger charge is 2.24. The minimum Gasteiger partial charge on any atom is -0.368 e. The van der Waals surface area contributed by atoms with Crippen LogP contribution in [0.5, 0.6) is 0 Å². The lowest BCUT2D eigenvalue weighted by atomic mass is 10.2. The number of primary sulfonamides is 1. The van der Waals surface area contributed by atoms with Gasteiger partial charge in [-0.15, -0.1) is 0 Å². The zero-order valence-electron chi connectivity index (χ0n) is 15.1. The number of nitrogens with two attached hydrogens (primary N) is 1. The van der Waals surface area contributed by atoms with Crippen LogP contribution in [-0.2, 0) is 26.4 Å². The summed E-state index contributed by atoms with van der Waals surface area (Å²) in [7, 11) is -7.57. The van der Waals surface area contributed by atoms with Gasteiger partial charge in [-0.05, 0) is 23.8 Å². The molecule has 0 bridgehead atoms. The minimum absolute atomic E-state index is 0.00876. The van der Waals surface area contributed by atoms with Crippen molar-refractivity contribution in [2.24, 2.45) is 5.14 Å². The maximum atomic E-state index is 12.2. The number of hydrogen-bond acceptors (Lipinski definition) is 6. The standard InChI is InChI=1S/C18H23N3O4S2/c1-26(22,23)18-13-16(27(19,24)25)7-8-17(18)21-11-9-20(10-12-21)14-15-5-3-2-4-6-15/h2-8,13H,9-12,14H2,1H3,(H2,19,24,25). The Labute approximate surface area is 160 Å². The second-order valence-electron chi connectivity index (χ2n) is 6.70. The molecule has 2 N–H and O–H groups in total. The van der Waals surface area contributed by atoms with Gasteiger partial charge in [-0.25, -0.2) is 22.0 Å². The van der Waals surface area contributed by atoms with Crippen LogP contribution in [0.25, 0.3) is 0 Å². The number of nitrogens with zero attached hydrogens (tertiary/aromatic N) is 2. The van der Waals surface area contributed by atoms with Crippen LogP contribution >= 0.6 is 0 Å². The van der Waals surface area contributed by atoms with Crippen LogP contribution in [0.4, 0.5) is 5.69 Å². The number of piperazine rings is 1. The molecule has 9 heteroatoms. The summed E-state index contributed by atoms with van der Waals surface area (Å²) in [4.78, 5) is 4.08. The molecule has 0 aliphatic carbocycles. The van der Waals surface area contributed by atoms with E-state index < -0.39 is 19.9 Å². The number of rotatable bonds is 5. The van der Waals surface area contributed by atoms with Crippen molar-refractivity contribution >= 4 is 25.5 Å². The first-order valence-corrected chi connectivity index (χ1v) is 12.0. The Hall–Kier alpha value is -1.94. The molecule has 0 aromatic heterocycles. The van der Waals surface area contributed by atoms with E-state index in [1.54, 1.807) is 0 Å². The Kier molecular flexibility index (Phi) is 5.57. The quantitative estimate of drug-likeness (QED) is 0.792. The van der Waals surface area contributed by atoms with Crippen molar-refractivity contribution in [3.05, 3.63) is 54.1 Å². The van der Waals surface area contributed by atoms with Gasteiger partial charge < -0.3 is 4.90 Å². The average molecular weight is 410 g/mol. The van der Waals surface area contributed by atoms with E-state index in [1.807, 2.05) is 23.1 Å². The molecular formula is C18H23N3O4S2. The molecule has 0 unspecified atom stereocenters. The Bertz CT molecular complexity index is 1010. The topological polar surface area (TPSA) is 101 Å². The smallest absolute Gasteiger partial charge is 0.238 e. The van der Waals surface area contributed by atoms with Gasteiger partial charge >= 0.3 is 0 Å². The third-order valence-corrected chi connectivity index (χ3v) is 6.66. The number of anilines is 1. The van der Waals surface area contributed by atoms with Crippen molar-refractivity contribution in [3.63, 3.8) is 0 Å². The zero-order valence-corrected chi connectivity index (χ0v) is 16.7. The van der Waals surface area contributed by atoms with E-state index in [2.05, 4.69) is 17.0 Å². The van der Waals surface area contributed by atoms with Crippen LogP contribution < -0.4 is 10.0 Å². The van der Waals surface area contributed by atoms with Gasteiger partial charge in [-0.1, -0.05) is 30.3 Å². The van der Waals surface area contributed by atoms with E-state index in [-0.39, 0.29) is 9.79 Å². The second-order valence-corrected chi connectivity index (χ2v) is 10.2. The number of sulfone groups is 1. The Balaban J connectivity index is 1.79. The maximum Gasteiger partial charge on any atom is 0.238 e. The van der Waals surface area contributed by atoms with Crippen molar-refractivity contribution in [2.75, 3.05) is 37.3 Å². The van der Waals surface area contributed by atoms with Gasteiger partial charge in [0.1, 0.15) is 0 Å². The fraction of sp³-hybridized carbons (Fsp3) is 0.333. The summed E-state index contributed by atoms with van der Waals surface area (Å²) in [5.74, 6) is 0. The lowest BCUT2D eigenvalue weighted by Gasteiger charge is -2.36. The van der Waals surface area contributed by atoms with Gasteiger partial charge in [0.25, 0.3) is 0 Å². The van der Waals surface area contributed by atoms with Crippen molar-refractivity contribution in [1.29, 1.82) is 0 Å². The SMILES string of the molecule is CS(=O)(=O)c1cc(S(N)(=O)=O)ccc1N1CCN(Cc2ccccc2)CC1. The molecule has 2 aromatic rings. The Morgan fingerprint density at radius 2 is 1.56 bits per heavy atom. The van der Waals surface area contributed by atoms with Crippen LogP contribution in [0.2, 0.25) is 0 Å². The molecule has 7 nitrogen and oxygen atoms in total. The highest BCUT2D eigenvalue weighted by molar-refractivity contribution is 7.91. The normalized spacial score (nSPS) is 16.4. The lowest BCUT2D eigenvalue weighted by Crippen LogP contribution is -2.46. The van der Waals surface area contributed by atoms with Crippen LogP contribution in [-0.4, -0.2) is 54.2 Å². The largest absolute Gasteiger partial charge is 0.368 e. The Morgan fingerprint density at radius 3 is 2.11 bits per heavy atom.